The fourth-order valence-electron chi connectivity index (χ4n) is 2.21. The minimum Gasteiger partial charge on any atom is -0.352 e. The van der Waals surface area contributed by atoms with Crippen molar-refractivity contribution in [3.05, 3.63) is 23.9 Å². The van der Waals surface area contributed by atoms with E-state index in [1.165, 1.54) is 12.3 Å². The van der Waals surface area contributed by atoms with Crippen LogP contribution in [0.3, 0.4) is 0 Å². The Morgan fingerprint density at radius 1 is 1.47 bits per heavy atom. The van der Waals surface area contributed by atoms with Gasteiger partial charge < -0.3 is 10.6 Å². The molecule has 3 nitrogen and oxygen atoms in total. The van der Waals surface area contributed by atoms with Crippen LogP contribution in [0.1, 0.15) is 18.4 Å². The van der Waals surface area contributed by atoms with Gasteiger partial charge in [0, 0.05) is 25.3 Å². The number of hydrogen-bond acceptors (Lipinski definition) is 3. The first-order valence-corrected chi connectivity index (χ1v) is 5.53. The molecule has 94 valence electrons. The molecule has 0 aromatic carbocycles. The minimum atomic E-state index is -4.37. The van der Waals surface area contributed by atoms with Crippen LogP contribution in [0.25, 0.3) is 0 Å². The smallest absolute Gasteiger partial charge is 0.352 e. The Morgan fingerprint density at radius 3 is 2.88 bits per heavy atom. The van der Waals surface area contributed by atoms with Crippen LogP contribution in [0.4, 0.5) is 19.0 Å². The molecular formula is C11H14F3N3. The van der Waals surface area contributed by atoms with Crippen LogP contribution < -0.4 is 10.6 Å². The van der Waals surface area contributed by atoms with E-state index in [2.05, 4.69) is 4.98 Å². The van der Waals surface area contributed by atoms with Crippen molar-refractivity contribution in [2.45, 2.75) is 25.1 Å². The van der Waals surface area contributed by atoms with E-state index in [1.807, 2.05) is 0 Å². The highest BCUT2D eigenvalue weighted by Gasteiger charge is 2.37. The zero-order valence-electron chi connectivity index (χ0n) is 9.24. The maximum absolute atomic E-state index is 12.8. The van der Waals surface area contributed by atoms with E-state index in [0.717, 1.165) is 18.9 Å². The van der Waals surface area contributed by atoms with Crippen molar-refractivity contribution in [1.82, 2.24) is 4.98 Å². The Labute approximate surface area is 97.4 Å². The van der Waals surface area contributed by atoms with Crippen LogP contribution in [0.5, 0.6) is 0 Å². The molecule has 0 aliphatic carbocycles. The largest absolute Gasteiger partial charge is 0.419 e. The van der Waals surface area contributed by atoms with Gasteiger partial charge in [0.2, 0.25) is 0 Å². The zero-order chi connectivity index (χ0) is 12.5. The van der Waals surface area contributed by atoms with Gasteiger partial charge in [0.05, 0.1) is 5.56 Å². The SMILES string of the molecule is NCC1CCCN1c1ncccc1C(F)(F)F. The van der Waals surface area contributed by atoms with Gasteiger partial charge in [-0.15, -0.1) is 0 Å². The van der Waals surface area contributed by atoms with Gasteiger partial charge in [0.1, 0.15) is 5.82 Å². The number of nitrogens with zero attached hydrogens (tertiary/aromatic N) is 2. The number of pyridine rings is 1. The van der Waals surface area contributed by atoms with Crippen molar-refractivity contribution in [1.29, 1.82) is 0 Å². The summed E-state index contributed by atoms with van der Waals surface area (Å²) >= 11 is 0. The summed E-state index contributed by atoms with van der Waals surface area (Å²) in [5.74, 6) is 0.00736. The number of rotatable bonds is 2. The quantitative estimate of drug-likeness (QED) is 0.866. The van der Waals surface area contributed by atoms with E-state index in [4.69, 9.17) is 5.73 Å². The van der Waals surface area contributed by atoms with Crippen molar-refractivity contribution in [2.24, 2.45) is 5.73 Å². The number of alkyl halides is 3. The van der Waals surface area contributed by atoms with Crippen LogP contribution in [0.2, 0.25) is 0 Å². The highest BCUT2D eigenvalue weighted by atomic mass is 19.4. The van der Waals surface area contributed by atoms with Gasteiger partial charge in [0.25, 0.3) is 0 Å². The number of aromatic nitrogens is 1. The van der Waals surface area contributed by atoms with Gasteiger partial charge >= 0.3 is 6.18 Å². The molecular weight excluding hydrogens is 231 g/mol. The first-order chi connectivity index (χ1) is 8.04. The Balaban J connectivity index is 2.38. The summed E-state index contributed by atoms with van der Waals surface area (Å²) in [6.07, 6.45) is -1.30. The average molecular weight is 245 g/mol. The summed E-state index contributed by atoms with van der Waals surface area (Å²) in [6, 6.07) is 2.33. The lowest BCUT2D eigenvalue weighted by molar-refractivity contribution is -0.137. The molecule has 6 heteroatoms. The lowest BCUT2D eigenvalue weighted by Gasteiger charge is -2.27. The summed E-state index contributed by atoms with van der Waals surface area (Å²) in [7, 11) is 0. The molecule has 1 atom stereocenters. The first kappa shape index (κ1) is 12.2. The van der Waals surface area contributed by atoms with Gasteiger partial charge in [0.15, 0.2) is 0 Å². The Bertz CT molecular complexity index is 392. The van der Waals surface area contributed by atoms with Crippen molar-refractivity contribution in [3.8, 4) is 0 Å². The van der Waals surface area contributed by atoms with Crippen LogP contribution >= 0.6 is 0 Å². The normalized spacial score (nSPS) is 20.9. The molecule has 0 saturated carbocycles. The second-order valence-electron chi connectivity index (χ2n) is 4.10. The van der Waals surface area contributed by atoms with Gasteiger partial charge in [-0.25, -0.2) is 4.98 Å². The van der Waals surface area contributed by atoms with Crippen molar-refractivity contribution < 1.29 is 13.2 Å². The summed E-state index contributed by atoms with van der Waals surface area (Å²) in [5, 5.41) is 0. The third-order valence-electron chi connectivity index (χ3n) is 3.01. The van der Waals surface area contributed by atoms with E-state index >= 15 is 0 Å². The molecule has 1 aromatic rings. The van der Waals surface area contributed by atoms with Crippen molar-refractivity contribution >= 4 is 5.82 Å². The minimum absolute atomic E-state index is 0.00736. The molecule has 1 unspecified atom stereocenters. The fraction of sp³-hybridized carbons (Fsp3) is 0.545. The molecule has 1 aliphatic heterocycles. The standard InChI is InChI=1S/C11H14F3N3/c12-11(13,14)9-4-1-5-16-10(9)17-6-2-3-8(17)7-15/h1,4-5,8H,2-3,6-7,15H2. The van der Waals surface area contributed by atoms with Crippen LogP contribution in [-0.4, -0.2) is 24.1 Å². The summed E-state index contributed by atoms with van der Waals surface area (Å²) in [6.45, 7) is 0.940. The lowest BCUT2D eigenvalue weighted by Crippen LogP contribution is -2.37. The molecule has 0 spiro atoms. The maximum Gasteiger partial charge on any atom is 0.419 e. The molecule has 2 heterocycles. The Morgan fingerprint density at radius 2 is 2.24 bits per heavy atom. The molecule has 0 amide bonds. The highest BCUT2D eigenvalue weighted by molar-refractivity contribution is 5.50. The molecule has 0 bridgehead atoms. The average Bonchev–Trinajstić information content (AvgIpc) is 2.75. The number of nitrogens with two attached hydrogens (primary N) is 1. The number of hydrogen-bond donors (Lipinski definition) is 1. The predicted octanol–water partition coefficient (Wildman–Crippen LogP) is 2.03. The molecule has 1 fully saturated rings. The fourth-order valence-corrected chi connectivity index (χ4v) is 2.21. The molecule has 0 radical (unpaired) electrons. The van der Waals surface area contributed by atoms with Gasteiger partial charge in [-0.1, -0.05) is 0 Å². The molecule has 1 saturated heterocycles. The van der Waals surface area contributed by atoms with Gasteiger partial charge in [-0.3, -0.25) is 0 Å². The molecule has 1 aromatic heterocycles. The van der Waals surface area contributed by atoms with Gasteiger partial charge in [-0.2, -0.15) is 13.2 Å². The molecule has 1 aliphatic rings. The molecule has 2 N–H and O–H groups in total. The van der Waals surface area contributed by atoms with E-state index in [9.17, 15) is 13.2 Å². The van der Waals surface area contributed by atoms with Crippen LogP contribution in [0.15, 0.2) is 18.3 Å². The second kappa shape index (κ2) is 4.52. The molecule has 17 heavy (non-hydrogen) atoms. The van der Waals surface area contributed by atoms with Crippen molar-refractivity contribution in [3.63, 3.8) is 0 Å². The molecule has 2 rings (SSSR count). The monoisotopic (exact) mass is 245 g/mol. The number of halogens is 3. The summed E-state index contributed by atoms with van der Waals surface area (Å²) in [5.41, 5.74) is 4.89. The van der Waals surface area contributed by atoms with E-state index < -0.39 is 11.7 Å². The topological polar surface area (TPSA) is 42.1 Å². The predicted molar refractivity (Wildman–Crippen MR) is 58.7 cm³/mol. The van der Waals surface area contributed by atoms with E-state index in [1.54, 1.807) is 4.90 Å². The van der Waals surface area contributed by atoms with Crippen LogP contribution in [0, 0.1) is 0 Å². The van der Waals surface area contributed by atoms with Gasteiger partial charge in [-0.05, 0) is 25.0 Å². The van der Waals surface area contributed by atoms with E-state index in [-0.39, 0.29) is 11.9 Å². The third-order valence-corrected chi connectivity index (χ3v) is 3.01. The third kappa shape index (κ3) is 2.36. The summed E-state index contributed by atoms with van der Waals surface area (Å²) in [4.78, 5) is 5.55. The Kier molecular flexibility index (Phi) is 3.24. The van der Waals surface area contributed by atoms with Crippen molar-refractivity contribution in [2.75, 3.05) is 18.0 Å². The highest BCUT2D eigenvalue weighted by Crippen LogP contribution is 2.37. The first-order valence-electron chi connectivity index (χ1n) is 5.53. The van der Waals surface area contributed by atoms with E-state index in [0.29, 0.717) is 13.1 Å². The van der Waals surface area contributed by atoms with Crippen LogP contribution in [-0.2, 0) is 6.18 Å². The number of anilines is 1. The lowest BCUT2D eigenvalue weighted by atomic mass is 10.2. The Hall–Kier alpha value is -1.30. The second-order valence-corrected chi connectivity index (χ2v) is 4.10. The summed E-state index contributed by atoms with van der Waals surface area (Å²) < 4.78 is 38.5. The maximum atomic E-state index is 12.8. The zero-order valence-corrected chi connectivity index (χ0v) is 9.24.